The summed E-state index contributed by atoms with van der Waals surface area (Å²) in [6.45, 7) is 1.03. The maximum Gasteiger partial charge on any atom is 0.262 e. The van der Waals surface area contributed by atoms with E-state index in [1.54, 1.807) is 23.9 Å². The Hall–Kier alpha value is -1.60. The van der Waals surface area contributed by atoms with Crippen LogP contribution in [0.3, 0.4) is 0 Å². The lowest BCUT2D eigenvalue weighted by molar-refractivity contribution is -0.118. The van der Waals surface area contributed by atoms with Crippen LogP contribution in [0.25, 0.3) is 0 Å². The highest BCUT2D eigenvalue weighted by atomic mass is 32.2. The normalized spacial score (nSPS) is 13.3. The van der Waals surface area contributed by atoms with E-state index in [4.69, 9.17) is 15.6 Å². The lowest BCUT2D eigenvalue weighted by Gasteiger charge is -2.20. The average Bonchev–Trinajstić information content (AvgIpc) is 2.43. The molecule has 1 heterocycles. The fraction of sp³-hybridized carbons (Fsp3) is 0.462. The fourth-order valence-corrected chi connectivity index (χ4v) is 2.61. The fourth-order valence-electron chi connectivity index (χ4n) is 1.82. The van der Waals surface area contributed by atoms with Gasteiger partial charge in [-0.05, 0) is 18.2 Å². The summed E-state index contributed by atoms with van der Waals surface area (Å²) in [5.74, 6) is 2.32. The van der Waals surface area contributed by atoms with Crippen molar-refractivity contribution >= 4 is 34.7 Å². The zero-order valence-electron chi connectivity index (χ0n) is 11.1. The van der Waals surface area contributed by atoms with Gasteiger partial charge < -0.3 is 26.2 Å². The molecule has 1 aliphatic rings. The van der Waals surface area contributed by atoms with Crippen LogP contribution in [0, 0.1) is 0 Å². The van der Waals surface area contributed by atoms with Crippen LogP contribution < -0.4 is 21.1 Å². The molecule has 1 aliphatic heterocycles. The van der Waals surface area contributed by atoms with Crippen molar-refractivity contribution in [1.82, 2.24) is 0 Å². The minimum atomic E-state index is -0.159. The molecule has 0 unspecified atom stereocenters. The molecule has 2 rings (SSSR count). The third-order valence-corrected chi connectivity index (χ3v) is 3.86. The molecule has 0 aromatic heterocycles. The highest BCUT2D eigenvalue weighted by Crippen LogP contribution is 2.35. The summed E-state index contributed by atoms with van der Waals surface area (Å²) < 4.78 is 5.29. The van der Waals surface area contributed by atoms with Gasteiger partial charge in [0.25, 0.3) is 5.91 Å². The van der Waals surface area contributed by atoms with E-state index in [-0.39, 0.29) is 19.1 Å². The molecule has 0 aliphatic carbocycles. The number of hydrogen-bond donors (Lipinski definition) is 4. The summed E-state index contributed by atoms with van der Waals surface area (Å²) in [6.07, 6.45) is 0.815. The van der Waals surface area contributed by atoms with Crippen molar-refractivity contribution in [3.8, 4) is 5.75 Å². The Bertz CT molecular complexity index is 482. The second kappa shape index (κ2) is 7.25. The summed E-state index contributed by atoms with van der Waals surface area (Å²) in [5, 5.41) is 14.7. The number of ether oxygens (including phenoxy) is 1. The molecule has 1 aromatic rings. The molecule has 0 fully saturated rings. The molecule has 1 aromatic carbocycles. The van der Waals surface area contributed by atoms with Gasteiger partial charge in [0.05, 0.1) is 17.1 Å². The largest absolute Gasteiger partial charge is 0.482 e. The van der Waals surface area contributed by atoms with Crippen molar-refractivity contribution in [3.05, 3.63) is 12.1 Å². The van der Waals surface area contributed by atoms with Crippen LogP contribution in [0.15, 0.2) is 12.1 Å². The van der Waals surface area contributed by atoms with Gasteiger partial charge in [-0.3, -0.25) is 4.79 Å². The number of benzene rings is 1. The molecule has 5 N–H and O–H groups in total. The van der Waals surface area contributed by atoms with Gasteiger partial charge in [0.15, 0.2) is 6.61 Å². The molecule has 6 nitrogen and oxygen atoms in total. The first-order valence-corrected chi connectivity index (χ1v) is 7.65. The minimum Gasteiger partial charge on any atom is -0.482 e. The molecule has 1 amide bonds. The van der Waals surface area contributed by atoms with Gasteiger partial charge in [0.1, 0.15) is 5.75 Å². The van der Waals surface area contributed by atoms with Crippen molar-refractivity contribution in [2.24, 2.45) is 0 Å². The molecular formula is C13H19N3O3S. The Morgan fingerprint density at radius 2 is 2.30 bits per heavy atom. The van der Waals surface area contributed by atoms with Crippen LogP contribution in [0.4, 0.5) is 17.1 Å². The van der Waals surface area contributed by atoms with E-state index < -0.39 is 0 Å². The Morgan fingerprint density at radius 3 is 3.10 bits per heavy atom. The Kier molecular flexibility index (Phi) is 5.37. The van der Waals surface area contributed by atoms with Crippen LogP contribution in [-0.4, -0.2) is 42.3 Å². The first kappa shape index (κ1) is 14.8. The summed E-state index contributed by atoms with van der Waals surface area (Å²) >= 11 is 1.77. The van der Waals surface area contributed by atoms with Crippen molar-refractivity contribution < 1.29 is 14.6 Å². The Morgan fingerprint density at radius 1 is 1.45 bits per heavy atom. The Balaban J connectivity index is 1.88. The van der Waals surface area contributed by atoms with Crippen LogP contribution in [0.5, 0.6) is 5.75 Å². The van der Waals surface area contributed by atoms with E-state index in [9.17, 15) is 4.79 Å². The molecule has 0 bridgehead atoms. The third-order valence-electron chi connectivity index (χ3n) is 2.79. The van der Waals surface area contributed by atoms with Gasteiger partial charge in [-0.2, -0.15) is 11.8 Å². The molecule has 0 radical (unpaired) electrons. The first-order valence-electron chi connectivity index (χ1n) is 6.49. The maximum absolute atomic E-state index is 11.3. The third kappa shape index (κ3) is 3.94. The number of rotatable bonds is 7. The zero-order chi connectivity index (χ0) is 14.4. The molecular weight excluding hydrogens is 278 g/mol. The number of nitrogen functional groups attached to an aromatic ring is 1. The maximum atomic E-state index is 11.3. The number of nitrogens with two attached hydrogens (primary N) is 1. The predicted molar refractivity (Wildman–Crippen MR) is 82.5 cm³/mol. The van der Waals surface area contributed by atoms with Crippen molar-refractivity contribution in [3.63, 3.8) is 0 Å². The van der Waals surface area contributed by atoms with Crippen LogP contribution in [0.1, 0.15) is 6.42 Å². The number of nitrogens with one attached hydrogen (secondary N) is 2. The van der Waals surface area contributed by atoms with Gasteiger partial charge in [0.2, 0.25) is 0 Å². The van der Waals surface area contributed by atoms with E-state index in [1.807, 2.05) is 0 Å². The van der Waals surface area contributed by atoms with Crippen LogP contribution in [-0.2, 0) is 4.79 Å². The molecule has 7 heteroatoms. The monoisotopic (exact) mass is 297 g/mol. The van der Waals surface area contributed by atoms with Gasteiger partial charge >= 0.3 is 0 Å². The SMILES string of the molecule is Nc1cc2c(cc1NCCSCCCO)NC(=O)CO2. The predicted octanol–water partition coefficient (Wildman–Crippen LogP) is 1.13. The number of aliphatic hydroxyl groups excluding tert-OH is 1. The van der Waals surface area contributed by atoms with E-state index >= 15 is 0 Å². The number of thioether (sulfide) groups is 1. The number of amides is 1. The number of anilines is 3. The van der Waals surface area contributed by atoms with Gasteiger partial charge in [0, 0.05) is 25.0 Å². The van der Waals surface area contributed by atoms with E-state index in [2.05, 4.69) is 10.6 Å². The molecule has 0 atom stereocenters. The highest BCUT2D eigenvalue weighted by Gasteiger charge is 2.17. The van der Waals surface area contributed by atoms with E-state index in [1.165, 1.54) is 0 Å². The van der Waals surface area contributed by atoms with Crippen LogP contribution >= 0.6 is 11.8 Å². The molecule has 20 heavy (non-hydrogen) atoms. The standard InChI is InChI=1S/C13H19N3O3S/c14-9-6-12-11(16-13(18)8-19-12)7-10(9)15-2-5-20-4-1-3-17/h6-7,15,17H,1-5,8,14H2,(H,16,18). The van der Waals surface area contributed by atoms with Crippen LogP contribution in [0.2, 0.25) is 0 Å². The van der Waals surface area contributed by atoms with Crippen molar-refractivity contribution in [1.29, 1.82) is 0 Å². The Labute approximate surface area is 122 Å². The van der Waals surface area contributed by atoms with Crippen molar-refractivity contribution in [2.45, 2.75) is 6.42 Å². The van der Waals surface area contributed by atoms with Gasteiger partial charge in [-0.1, -0.05) is 0 Å². The first-order chi connectivity index (χ1) is 9.70. The van der Waals surface area contributed by atoms with Crippen molar-refractivity contribution in [2.75, 3.05) is 47.6 Å². The number of carbonyl (C=O) groups is 1. The summed E-state index contributed by atoms with van der Waals surface area (Å²) in [4.78, 5) is 11.3. The summed E-state index contributed by atoms with van der Waals surface area (Å²) in [5.41, 5.74) is 7.98. The average molecular weight is 297 g/mol. The highest BCUT2D eigenvalue weighted by molar-refractivity contribution is 7.99. The second-order valence-electron chi connectivity index (χ2n) is 4.39. The summed E-state index contributed by atoms with van der Waals surface area (Å²) in [7, 11) is 0. The number of hydrogen-bond acceptors (Lipinski definition) is 6. The number of fused-ring (bicyclic) bond motifs is 1. The molecule has 0 saturated carbocycles. The second-order valence-corrected chi connectivity index (χ2v) is 5.61. The lowest BCUT2D eigenvalue weighted by Crippen LogP contribution is -2.25. The summed E-state index contributed by atoms with van der Waals surface area (Å²) in [6, 6.07) is 3.51. The zero-order valence-corrected chi connectivity index (χ0v) is 12.0. The van der Waals surface area contributed by atoms with Gasteiger partial charge in [-0.15, -0.1) is 0 Å². The quantitative estimate of drug-likeness (QED) is 0.445. The smallest absolute Gasteiger partial charge is 0.262 e. The minimum absolute atomic E-state index is 0.0285. The van der Waals surface area contributed by atoms with E-state index in [0.29, 0.717) is 17.1 Å². The molecule has 0 saturated heterocycles. The number of aliphatic hydroxyl groups is 1. The topological polar surface area (TPSA) is 96.6 Å². The molecule has 0 spiro atoms. The number of carbonyl (C=O) groups excluding carboxylic acids is 1. The van der Waals surface area contributed by atoms with Gasteiger partial charge in [-0.25, -0.2) is 0 Å². The van der Waals surface area contributed by atoms with E-state index in [0.717, 1.165) is 30.2 Å². The lowest BCUT2D eigenvalue weighted by atomic mass is 10.2. The molecule has 110 valence electrons.